The molecule has 3 aliphatic rings. The molecule has 2 saturated heterocycles. The number of ether oxygens (including phenoxy) is 6. The Morgan fingerprint density at radius 3 is 1.38 bits per heavy atom. The topological polar surface area (TPSA) is 122 Å². The molecule has 10 atom stereocenters. The summed E-state index contributed by atoms with van der Waals surface area (Å²) in [6.45, 7) is 15.2. The van der Waals surface area contributed by atoms with E-state index in [2.05, 4.69) is 30.6 Å². The lowest BCUT2D eigenvalue weighted by Gasteiger charge is -2.19. The molecule has 0 amide bonds. The van der Waals surface area contributed by atoms with Gasteiger partial charge in [-0.1, -0.05) is 6.92 Å². The van der Waals surface area contributed by atoms with Crippen molar-refractivity contribution in [1.29, 1.82) is 0 Å². The van der Waals surface area contributed by atoms with Crippen LogP contribution in [-0.4, -0.2) is 160 Å². The Morgan fingerprint density at radius 1 is 0.595 bits per heavy atom. The molecule has 248 valence electrons. The van der Waals surface area contributed by atoms with Gasteiger partial charge in [0.2, 0.25) is 0 Å². The van der Waals surface area contributed by atoms with Crippen LogP contribution < -0.4 is 0 Å². The molecular weight excluding hydrogens is 544 g/mol. The molecule has 1 aliphatic carbocycles. The first kappa shape index (κ1) is 36.0. The van der Waals surface area contributed by atoms with Crippen LogP contribution in [-0.2, 0) is 28.4 Å². The molecule has 0 aromatic rings. The van der Waals surface area contributed by atoms with Crippen LogP contribution >= 0.6 is 0 Å². The summed E-state index contributed by atoms with van der Waals surface area (Å²) in [6, 6.07) is 1.16. The first-order chi connectivity index (χ1) is 20.3. The van der Waals surface area contributed by atoms with Crippen LogP contribution in [0.3, 0.4) is 0 Å². The van der Waals surface area contributed by atoms with Gasteiger partial charge in [0.25, 0.3) is 0 Å². The van der Waals surface area contributed by atoms with Crippen LogP contribution in [0.1, 0.15) is 52.9 Å². The van der Waals surface area contributed by atoms with Crippen molar-refractivity contribution in [3.05, 3.63) is 0 Å². The Kier molecular flexibility index (Phi) is 17.6. The Morgan fingerprint density at radius 2 is 0.976 bits per heavy atom. The second-order valence-corrected chi connectivity index (χ2v) is 12.7. The first-order valence-electron chi connectivity index (χ1n) is 16.3. The van der Waals surface area contributed by atoms with E-state index in [0.29, 0.717) is 104 Å². The van der Waals surface area contributed by atoms with Crippen molar-refractivity contribution in [3.63, 3.8) is 0 Å². The summed E-state index contributed by atoms with van der Waals surface area (Å²) < 4.78 is 34.5. The standard InChI is InChI=1S/C31H60N2O9/c1-24-13-27(24)14-28(34)19-37-7-4-9-40-22-31(42-12-6-11-39-21-30(36)18-33-16-26(33)3)23-41-10-5-8-38-20-29(35)17-32-15-25(32)2/h24-31,34-36H,4-23H2,1-3H3. The van der Waals surface area contributed by atoms with E-state index in [1.54, 1.807) is 0 Å². The zero-order valence-corrected chi connectivity index (χ0v) is 26.4. The Balaban J connectivity index is 1.19. The Hall–Kier alpha value is -0.440. The minimum atomic E-state index is -0.452. The lowest BCUT2D eigenvalue weighted by atomic mass is 10.1. The molecule has 11 nitrogen and oxygen atoms in total. The van der Waals surface area contributed by atoms with Crippen LogP contribution in [0.15, 0.2) is 0 Å². The number of hydrogen-bond acceptors (Lipinski definition) is 11. The zero-order valence-electron chi connectivity index (χ0n) is 26.4. The predicted octanol–water partition coefficient (Wildman–Crippen LogP) is 1.16. The van der Waals surface area contributed by atoms with Crippen molar-refractivity contribution in [2.75, 3.05) is 98.9 Å². The summed E-state index contributed by atoms with van der Waals surface area (Å²) in [5.74, 6) is 1.41. The summed E-state index contributed by atoms with van der Waals surface area (Å²) in [5.41, 5.74) is 0. The number of rotatable bonds is 29. The highest BCUT2D eigenvalue weighted by Gasteiger charge is 2.34. The van der Waals surface area contributed by atoms with E-state index in [0.717, 1.165) is 44.7 Å². The van der Waals surface area contributed by atoms with E-state index < -0.39 is 12.2 Å². The van der Waals surface area contributed by atoms with Crippen molar-refractivity contribution in [2.24, 2.45) is 11.8 Å². The van der Waals surface area contributed by atoms with Gasteiger partial charge in [-0.05, 0) is 57.8 Å². The molecule has 1 saturated carbocycles. The SMILES string of the molecule is CC1CC1CC(O)COCCCOCC(COCCCOCC(O)CN1CC1C)OCCCOCC(O)CN1CC1C. The zero-order chi connectivity index (χ0) is 30.2. The molecule has 0 spiro atoms. The first-order valence-corrected chi connectivity index (χ1v) is 16.3. The highest BCUT2D eigenvalue weighted by molar-refractivity contribution is 4.87. The van der Waals surface area contributed by atoms with Crippen LogP contribution in [0.25, 0.3) is 0 Å². The van der Waals surface area contributed by atoms with Crippen LogP contribution in [0, 0.1) is 11.8 Å². The van der Waals surface area contributed by atoms with Gasteiger partial charge in [-0.2, -0.15) is 0 Å². The van der Waals surface area contributed by atoms with E-state index in [9.17, 15) is 15.3 Å². The molecule has 42 heavy (non-hydrogen) atoms. The van der Waals surface area contributed by atoms with Crippen LogP contribution in [0.2, 0.25) is 0 Å². The molecule has 11 heteroatoms. The van der Waals surface area contributed by atoms with Crippen molar-refractivity contribution < 1.29 is 43.7 Å². The molecule has 3 fully saturated rings. The van der Waals surface area contributed by atoms with E-state index >= 15 is 0 Å². The third-order valence-corrected chi connectivity index (χ3v) is 8.20. The average molecular weight is 605 g/mol. The number of hydrogen-bond donors (Lipinski definition) is 3. The molecule has 2 aliphatic heterocycles. The van der Waals surface area contributed by atoms with Gasteiger partial charge in [0.05, 0.1) is 51.3 Å². The van der Waals surface area contributed by atoms with Gasteiger partial charge in [-0.15, -0.1) is 0 Å². The highest BCUT2D eigenvalue weighted by atomic mass is 16.6. The lowest BCUT2D eigenvalue weighted by molar-refractivity contribution is -0.0700. The highest BCUT2D eigenvalue weighted by Crippen LogP contribution is 2.41. The fourth-order valence-corrected chi connectivity index (χ4v) is 5.05. The number of aliphatic hydroxyl groups excluding tert-OH is 3. The molecule has 0 aromatic heterocycles. The molecule has 3 N–H and O–H groups in total. The number of nitrogens with zero attached hydrogens (tertiary/aromatic N) is 2. The maximum Gasteiger partial charge on any atom is 0.104 e. The van der Waals surface area contributed by atoms with Crippen molar-refractivity contribution in [1.82, 2.24) is 9.80 Å². The molecule has 0 bridgehead atoms. The van der Waals surface area contributed by atoms with E-state index in [4.69, 9.17) is 28.4 Å². The second-order valence-electron chi connectivity index (χ2n) is 12.7. The molecule has 2 heterocycles. The van der Waals surface area contributed by atoms with Crippen LogP contribution in [0.5, 0.6) is 0 Å². The van der Waals surface area contributed by atoms with Gasteiger partial charge in [-0.25, -0.2) is 0 Å². The smallest absolute Gasteiger partial charge is 0.104 e. The minimum Gasteiger partial charge on any atom is -0.391 e. The van der Waals surface area contributed by atoms with Gasteiger partial charge in [0.15, 0.2) is 0 Å². The molecule has 0 aromatic carbocycles. The maximum absolute atomic E-state index is 10.0. The van der Waals surface area contributed by atoms with Gasteiger partial charge < -0.3 is 43.7 Å². The normalized spacial score (nSPS) is 29.3. The van der Waals surface area contributed by atoms with Gasteiger partial charge >= 0.3 is 0 Å². The summed E-state index contributed by atoms with van der Waals surface area (Å²) >= 11 is 0. The largest absolute Gasteiger partial charge is 0.391 e. The van der Waals surface area contributed by atoms with Crippen LogP contribution in [0.4, 0.5) is 0 Å². The third-order valence-electron chi connectivity index (χ3n) is 8.20. The minimum absolute atomic E-state index is 0.194. The van der Waals surface area contributed by atoms with Gasteiger partial charge in [0.1, 0.15) is 6.10 Å². The van der Waals surface area contributed by atoms with Gasteiger partial charge in [-0.3, -0.25) is 9.80 Å². The van der Waals surface area contributed by atoms with E-state index in [1.165, 1.54) is 6.42 Å². The Labute approximate surface area is 253 Å². The van der Waals surface area contributed by atoms with Crippen molar-refractivity contribution in [2.45, 2.75) is 89.4 Å². The lowest BCUT2D eigenvalue weighted by Crippen LogP contribution is -2.28. The fraction of sp³-hybridized carbons (Fsp3) is 1.00. The maximum atomic E-state index is 10.0. The summed E-state index contributed by atoms with van der Waals surface area (Å²) in [4.78, 5) is 4.44. The van der Waals surface area contributed by atoms with E-state index in [1.807, 2.05) is 0 Å². The summed E-state index contributed by atoms with van der Waals surface area (Å²) in [5, 5.41) is 30.1. The number of β-amino-alcohol motifs (C(OH)–C–C–N with tert-alkyl or cyclic N) is 2. The molecule has 3 rings (SSSR count). The van der Waals surface area contributed by atoms with Crippen molar-refractivity contribution in [3.8, 4) is 0 Å². The third kappa shape index (κ3) is 17.2. The molecule has 10 unspecified atom stereocenters. The Bertz CT molecular complexity index is 655. The quantitative estimate of drug-likeness (QED) is 0.0843. The summed E-state index contributed by atoms with van der Waals surface area (Å²) in [6.07, 6.45) is 2.83. The molecule has 0 radical (unpaired) electrons. The van der Waals surface area contributed by atoms with E-state index in [-0.39, 0.29) is 12.2 Å². The van der Waals surface area contributed by atoms with Crippen molar-refractivity contribution >= 4 is 0 Å². The predicted molar refractivity (Wildman–Crippen MR) is 160 cm³/mol. The van der Waals surface area contributed by atoms with Gasteiger partial charge in [0, 0.05) is 77.9 Å². The monoisotopic (exact) mass is 604 g/mol. The summed E-state index contributed by atoms with van der Waals surface area (Å²) in [7, 11) is 0. The molecular formula is C31H60N2O9. The number of aliphatic hydroxyl groups is 3. The second kappa shape index (κ2) is 20.6. The fourth-order valence-electron chi connectivity index (χ4n) is 5.05. The average Bonchev–Trinajstić information content (AvgIpc) is 3.91.